The van der Waals surface area contributed by atoms with E-state index >= 15 is 0 Å². The van der Waals surface area contributed by atoms with Crippen molar-refractivity contribution in [1.82, 2.24) is 0 Å². The van der Waals surface area contributed by atoms with Crippen LogP contribution in [0.5, 0.6) is 0 Å². The highest BCUT2D eigenvalue weighted by atomic mass is 14.1. The number of hydrogen-bond donors (Lipinski definition) is 0. The third kappa shape index (κ3) is 2.75. The van der Waals surface area contributed by atoms with Gasteiger partial charge in [-0.2, -0.15) is 0 Å². The van der Waals surface area contributed by atoms with E-state index in [2.05, 4.69) is 74.5 Å². The molecule has 100 valence electrons. The predicted molar refractivity (Wildman–Crippen MR) is 87.5 cm³/mol. The molecule has 0 atom stereocenters. The largest absolute Gasteiger partial charge is 0.0587 e. The molecule has 2 aromatic rings. The minimum atomic E-state index is 1.13. The predicted octanol–water partition coefficient (Wildman–Crippen LogP) is 5.56. The Kier molecular flexibility index (Phi) is 3.56. The molecule has 0 aliphatic heterocycles. The quantitative estimate of drug-likeness (QED) is 0.662. The fourth-order valence-corrected chi connectivity index (χ4v) is 2.65. The lowest BCUT2D eigenvalue weighted by molar-refractivity contribution is 1.07. The minimum Gasteiger partial charge on any atom is -0.0587 e. The van der Waals surface area contributed by atoms with Crippen LogP contribution in [0.1, 0.15) is 35.1 Å². The molecule has 3 rings (SSSR count). The van der Waals surface area contributed by atoms with E-state index in [9.17, 15) is 0 Å². The molecule has 0 nitrogen and oxygen atoms in total. The van der Waals surface area contributed by atoms with E-state index in [1.165, 1.54) is 33.4 Å². The summed E-state index contributed by atoms with van der Waals surface area (Å²) >= 11 is 0. The minimum absolute atomic E-state index is 1.13. The van der Waals surface area contributed by atoms with Crippen molar-refractivity contribution in [2.24, 2.45) is 0 Å². The molecule has 0 aromatic heterocycles. The van der Waals surface area contributed by atoms with Gasteiger partial charge in [0.2, 0.25) is 0 Å². The summed E-state index contributed by atoms with van der Waals surface area (Å²) in [4.78, 5) is 0. The Morgan fingerprint density at radius 1 is 0.550 bits per heavy atom. The van der Waals surface area contributed by atoms with Gasteiger partial charge in [0.25, 0.3) is 0 Å². The summed E-state index contributed by atoms with van der Waals surface area (Å²) in [6.45, 7) is 4.27. The van der Waals surface area contributed by atoms with Crippen LogP contribution in [0.3, 0.4) is 0 Å². The van der Waals surface area contributed by atoms with E-state index in [1.54, 1.807) is 0 Å². The van der Waals surface area contributed by atoms with Crippen LogP contribution in [0.4, 0.5) is 0 Å². The van der Waals surface area contributed by atoms with E-state index in [4.69, 9.17) is 0 Å². The van der Waals surface area contributed by atoms with E-state index < -0.39 is 0 Å². The second kappa shape index (κ2) is 5.50. The Morgan fingerprint density at radius 2 is 0.900 bits per heavy atom. The van der Waals surface area contributed by atoms with Gasteiger partial charge >= 0.3 is 0 Å². The zero-order valence-electron chi connectivity index (χ0n) is 12.2. The summed E-state index contributed by atoms with van der Waals surface area (Å²) in [6, 6.07) is 17.7. The lowest BCUT2D eigenvalue weighted by Gasteiger charge is -2.15. The van der Waals surface area contributed by atoms with Gasteiger partial charge in [-0.15, -0.1) is 0 Å². The monoisotopic (exact) mass is 260 g/mol. The van der Waals surface area contributed by atoms with Crippen molar-refractivity contribution in [3.05, 3.63) is 82.9 Å². The van der Waals surface area contributed by atoms with Crippen LogP contribution in [0.25, 0.3) is 11.1 Å². The van der Waals surface area contributed by atoms with Gasteiger partial charge in [-0.3, -0.25) is 0 Å². The number of hydrogen-bond acceptors (Lipinski definition) is 0. The van der Waals surface area contributed by atoms with Crippen LogP contribution in [0.15, 0.2) is 60.7 Å². The van der Waals surface area contributed by atoms with Crippen molar-refractivity contribution < 1.29 is 0 Å². The Labute approximate surface area is 121 Å². The fraction of sp³-hybridized carbons (Fsp3) is 0.200. The maximum Gasteiger partial charge on any atom is -0.0224 e. The van der Waals surface area contributed by atoms with Crippen molar-refractivity contribution in [1.29, 1.82) is 0 Å². The number of benzene rings is 2. The molecule has 0 heteroatoms. The Hall–Kier alpha value is -2.08. The first kappa shape index (κ1) is 12.9. The van der Waals surface area contributed by atoms with Gasteiger partial charge in [-0.05, 0) is 49.0 Å². The molecule has 0 saturated heterocycles. The molecular weight excluding hydrogens is 240 g/mol. The van der Waals surface area contributed by atoms with Crippen LogP contribution in [0, 0.1) is 13.8 Å². The maximum atomic E-state index is 2.28. The van der Waals surface area contributed by atoms with Gasteiger partial charge in [0.15, 0.2) is 0 Å². The standard InChI is InChI=1S/C20H20/c1-15-3-7-17(8-4-15)19-11-13-20(14-12-19)18-9-5-16(2)6-10-18/h3-11,13H,12,14H2,1-2H3. The third-order valence-electron chi connectivity index (χ3n) is 3.99. The molecule has 1 aliphatic carbocycles. The van der Waals surface area contributed by atoms with Gasteiger partial charge in [0, 0.05) is 0 Å². The highest BCUT2D eigenvalue weighted by molar-refractivity contribution is 5.78. The molecular formula is C20H20. The smallest absolute Gasteiger partial charge is 0.0224 e. The van der Waals surface area contributed by atoms with Gasteiger partial charge in [0.05, 0.1) is 0 Å². The zero-order valence-corrected chi connectivity index (χ0v) is 12.2. The molecule has 0 radical (unpaired) electrons. The van der Waals surface area contributed by atoms with Gasteiger partial charge in [-0.1, -0.05) is 71.8 Å². The normalized spacial score (nSPS) is 14.7. The lowest BCUT2D eigenvalue weighted by Crippen LogP contribution is -1.94. The first-order valence-electron chi connectivity index (χ1n) is 7.26. The molecule has 0 heterocycles. The molecule has 0 unspecified atom stereocenters. The Balaban J connectivity index is 1.85. The maximum absolute atomic E-state index is 2.28. The molecule has 0 N–H and O–H groups in total. The highest BCUT2D eigenvalue weighted by Gasteiger charge is 2.09. The topological polar surface area (TPSA) is 0 Å². The number of allylic oxidation sites excluding steroid dienone is 4. The molecule has 0 fully saturated rings. The fourth-order valence-electron chi connectivity index (χ4n) is 2.65. The third-order valence-corrected chi connectivity index (χ3v) is 3.99. The van der Waals surface area contributed by atoms with Crippen LogP contribution in [-0.4, -0.2) is 0 Å². The van der Waals surface area contributed by atoms with Crippen LogP contribution in [-0.2, 0) is 0 Å². The lowest BCUT2D eigenvalue weighted by atomic mass is 9.89. The van der Waals surface area contributed by atoms with Crippen LogP contribution in [0.2, 0.25) is 0 Å². The molecule has 0 bridgehead atoms. The molecule has 0 amide bonds. The first-order valence-corrected chi connectivity index (χ1v) is 7.26. The Morgan fingerprint density at radius 3 is 1.20 bits per heavy atom. The summed E-state index contributed by atoms with van der Waals surface area (Å²) in [5.41, 5.74) is 8.24. The average molecular weight is 260 g/mol. The van der Waals surface area contributed by atoms with Gasteiger partial charge in [-0.25, -0.2) is 0 Å². The van der Waals surface area contributed by atoms with Crippen molar-refractivity contribution >= 4 is 11.1 Å². The van der Waals surface area contributed by atoms with E-state index in [0.717, 1.165) is 12.8 Å². The SMILES string of the molecule is Cc1ccc(C2=CC=C(c3ccc(C)cc3)CC2)cc1. The van der Waals surface area contributed by atoms with Crippen molar-refractivity contribution in [3.63, 3.8) is 0 Å². The van der Waals surface area contributed by atoms with Crippen molar-refractivity contribution in [2.75, 3.05) is 0 Å². The van der Waals surface area contributed by atoms with E-state index in [-0.39, 0.29) is 0 Å². The molecule has 2 aromatic carbocycles. The average Bonchev–Trinajstić information content (AvgIpc) is 2.49. The van der Waals surface area contributed by atoms with E-state index in [1.807, 2.05) is 0 Å². The van der Waals surface area contributed by atoms with E-state index in [0.29, 0.717) is 0 Å². The van der Waals surface area contributed by atoms with Crippen molar-refractivity contribution in [2.45, 2.75) is 26.7 Å². The zero-order chi connectivity index (χ0) is 13.9. The Bertz CT molecular complexity index is 591. The molecule has 0 spiro atoms. The molecule has 20 heavy (non-hydrogen) atoms. The summed E-state index contributed by atoms with van der Waals surface area (Å²) in [5.74, 6) is 0. The number of rotatable bonds is 2. The second-order valence-corrected chi connectivity index (χ2v) is 5.62. The summed E-state index contributed by atoms with van der Waals surface area (Å²) in [7, 11) is 0. The number of aryl methyl sites for hydroxylation is 2. The van der Waals surface area contributed by atoms with Gasteiger partial charge < -0.3 is 0 Å². The second-order valence-electron chi connectivity index (χ2n) is 5.62. The van der Waals surface area contributed by atoms with Crippen LogP contribution < -0.4 is 0 Å². The van der Waals surface area contributed by atoms with Gasteiger partial charge in [0.1, 0.15) is 0 Å². The highest BCUT2D eigenvalue weighted by Crippen LogP contribution is 2.31. The van der Waals surface area contributed by atoms with Crippen LogP contribution >= 0.6 is 0 Å². The van der Waals surface area contributed by atoms with Crippen molar-refractivity contribution in [3.8, 4) is 0 Å². The summed E-state index contributed by atoms with van der Waals surface area (Å²) in [6.07, 6.45) is 6.82. The summed E-state index contributed by atoms with van der Waals surface area (Å²) in [5, 5.41) is 0. The molecule has 1 aliphatic rings. The first-order chi connectivity index (χ1) is 9.72. The molecule has 0 saturated carbocycles. The summed E-state index contributed by atoms with van der Waals surface area (Å²) < 4.78 is 0.